The van der Waals surface area contributed by atoms with Gasteiger partial charge in [0.1, 0.15) is 0 Å². The average Bonchev–Trinajstić information content (AvgIpc) is 2.67. The molecule has 0 radical (unpaired) electrons. The van der Waals surface area contributed by atoms with Crippen LogP contribution in [0.2, 0.25) is 0 Å². The Bertz CT molecular complexity index is 413. The number of benzene rings is 1. The molecule has 1 unspecified atom stereocenters. The number of anilines is 1. The van der Waals surface area contributed by atoms with Crippen molar-refractivity contribution in [3.63, 3.8) is 0 Å². The molecule has 92 valence electrons. The molecule has 2 aliphatic rings. The average molecular weight is 295 g/mol. The van der Waals surface area contributed by atoms with Crippen molar-refractivity contribution in [3.05, 3.63) is 28.2 Å². The molecule has 1 N–H and O–H groups in total. The molecule has 0 saturated carbocycles. The summed E-state index contributed by atoms with van der Waals surface area (Å²) in [4.78, 5) is 2.41. The zero-order chi connectivity index (χ0) is 11.8. The molecule has 0 bridgehead atoms. The molecular formula is C14H19BrN2. The van der Waals surface area contributed by atoms with Crippen molar-refractivity contribution in [2.45, 2.75) is 18.8 Å². The Labute approximate surface area is 112 Å². The summed E-state index contributed by atoms with van der Waals surface area (Å²) in [7, 11) is 2.22. The smallest absolute Gasteiger partial charge is 0.0400 e. The van der Waals surface area contributed by atoms with Crippen LogP contribution in [0.15, 0.2) is 22.7 Å². The molecule has 0 amide bonds. The van der Waals surface area contributed by atoms with E-state index in [9.17, 15) is 0 Å². The highest BCUT2D eigenvalue weighted by Gasteiger charge is 2.33. The molecule has 2 heterocycles. The molecule has 1 atom stereocenters. The minimum atomic E-state index is 0.731. The lowest BCUT2D eigenvalue weighted by Crippen LogP contribution is -2.32. The third kappa shape index (κ3) is 2.11. The van der Waals surface area contributed by atoms with Gasteiger partial charge < -0.3 is 10.2 Å². The van der Waals surface area contributed by atoms with E-state index in [1.165, 1.54) is 42.6 Å². The molecule has 0 aromatic heterocycles. The van der Waals surface area contributed by atoms with E-state index in [1.54, 1.807) is 5.56 Å². The summed E-state index contributed by atoms with van der Waals surface area (Å²) in [6, 6.07) is 6.73. The van der Waals surface area contributed by atoms with Gasteiger partial charge in [-0.3, -0.25) is 0 Å². The van der Waals surface area contributed by atoms with Gasteiger partial charge in [0.25, 0.3) is 0 Å². The predicted octanol–water partition coefficient (Wildman–Crippen LogP) is 2.98. The van der Waals surface area contributed by atoms with Gasteiger partial charge in [-0.15, -0.1) is 0 Å². The number of halogens is 1. The molecular weight excluding hydrogens is 276 g/mol. The third-order valence-electron chi connectivity index (χ3n) is 4.22. The molecule has 1 fully saturated rings. The lowest BCUT2D eigenvalue weighted by molar-refractivity contribution is 0.327. The van der Waals surface area contributed by atoms with Crippen LogP contribution in [0, 0.1) is 5.92 Å². The van der Waals surface area contributed by atoms with E-state index in [-0.39, 0.29) is 0 Å². The molecule has 1 aromatic carbocycles. The Morgan fingerprint density at radius 3 is 2.82 bits per heavy atom. The molecule has 1 saturated heterocycles. The van der Waals surface area contributed by atoms with E-state index < -0.39 is 0 Å². The fourth-order valence-electron chi connectivity index (χ4n) is 3.31. The number of nitrogens with one attached hydrogen (secondary N) is 1. The number of hydrogen-bond acceptors (Lipinski definition) is 2. The van der Waals surface area contributed by atoms with E-state index in [0.29, 0.717) is 0 Å². The third-order valence-corrected chi connectivity index (χ3v) is 4.72. The van der Waals surface area contributed by atoms with Gasteiger partial charge in [-0.25, -0.2) is 0 Å². The molecule has 3 rings (SSSR count). The van der Waals surface area contributed by atoms with Gasteiger partial charge in [-0.2, -0.15) is 0 Å². The number of piperidine rings is 1. The Balaban J connectivity index is 1.91. The largest absolute Gasteiger partial charge is 0.374 e. The van der Waals surface area contributed by atoms with Gasteiger partial charge in [0, 0.05) is 29.7 Å². The minimum Gasteiger partial charge on any atom is -0.374 e. The molecule has 2 aliphatic heterocycles. The van der Waals surface area contributed by atoms with E-state index in [2.05, 4.69) is 51.4 Å². The summed E-state index contributed by atoms with van der Waals surface area (Å²) in [6.07, 6.45) is 2.65. The van der Waals surface area contributed by atoms with Crippen LogP contribution in [-0.4, -0.2) is 26.7 Å². The maximum absolute atomic E-state index is 3.61. The molecule has 0 spiro atoms. The fourth-order valence-corrected chi connectivity index (χ4v) is 3.69. The highest BCUT2D eigenvalue weighted by molar-refractivity contribution is 9.10. The quantitative estimate of drug-likeness (QED) is 0.857. The van der Waals surface area contributed by atoms with Crippen molar-refractivity contribution in [1.82, 2.24) is 5.32 Å². The fraction of sp³-hybridized carbons (Fsp3) is 0.571. The van der Waals surface area contributed by atoms with Gasteiger partial charge in [0.2, 0.25) is 0 Å². The lowest BCUT2D eigenvalue weighted by Gasteiger charge is -2.28. The topological polar surface area (TPSA) is 15.3 Å². The normalized spacial score (nSPS) is 25.1. The second kappa shape index (κ2) is 4.62. The maximum Gasteiger partial charge on any atom is 0.0400 e. The number of hydrogen-bond donors (Lipinski definition) is 1. The number of rotatable bonds is 1. The van der Waals surface area contributed by atoms with Crippen molar-refractivity contribution in [2.24, 2.45) is 5.92 Å². The number of nitrogens with zero attached hydrogens (tertiary/aromatic N) is 1. The first-order valence-electron chi connectivity index (χ1n) is 6.47. The second-order valence-corrected chi connectivity index (χ2v) is 6.19. The van der Waals surface area contributed by atoms with E-state index >= 15 is 0 Å². The molecule has 17 heavy (non-hydrogen) atoms. The highest BCUT2D eigenvalue weighted by Crippen LogP contribution is 2.43. The van der Waals surface area contributed by atoms with E-state index in [0.717, 1.165) is 11.8 Å². The first-order chi connectivity index (χ1) is 8.25. The standard InChI is InChI=1S/C14H19BrN2/c1-17-9-13(10-4-6-16-7-5-10)12-8-11(15)2-3-14(12)17/h2-3,8,10,13,16H,4-7,9H2,1H3. The second-order valence-electron chi connectivity index (χ2n) is 5.28. The summed E-state index contributed by atoms with van der Waals surface area (Å²) >= 11 is 3.61. The van der Waals surface area contributed by atoms with Crippen LogP contribution < -0.4 is 10.2 Å². The summed E-state index contributed by atoms with van der Waals surface area (Å²) in [5.74, 6) is 1.59. The summed E-state index contributed by atoms with van der Waals surface area (Å²) in [5, 5.41) is 3.46. The highest BCUT2D eigenvalue weighted by atomic mass is 79.9. The minimum absolute atomic E-state index is 0.731. The van der Waals surface area contributed by atoms with Crippen LogP contribution >= 0.6 is 15.9 Å². The predicted molar refractivity (Wildman–Crippen MR) is 75.7 cm³/mol. The van der Waals surface area contributed by atoms with E-state index in [4.69, 9.17) is 0 Å². The van der Waals surface area contributed by atoms with Gasteiger partial charge in [0.15, 0.2) is 0 Å². The Kier molecular flexibility index (Phi) is 3.14. The van der Waals surface area contributed by atoms with Crippen LogP contribution in [0.5, 0.6) is 0 Å². The molecule has 1 aromatic rings. The number of fused-ring (bicyclic) bond motifs is 1. The van der Waals surface area contributed by atoms with Crippen LogP contribution in [0.25, 0.3) is 0 Å². The van der Waals surface area contributed by atoms with Crippen LogP contribution in [0.3, 0.4) is 0 Å². The van der Waals surface area contributed by atoms with E-state index in [1.807, 2.05) is 0 Å². The zero-order valence-corrected chi connectivity index (χ0v) is 11.8. The van der Waals surface area contributed by atoms with Crippen LogP contribution in [0.1, 0.15) is 24.3 Å². The summed E-state index contributed by atoms with van der Waals surface area (Å²) in [6.45, 7) is 3.57. The van der Waals surface area contributed by atoms with Gasteiger partial charge >= 0.3 is 0 Å². The van der Waals surface area contributed by atoms with Gasteiger partial charge in [0.05, 0.1) is 0 Å². The molecule has 2 nitrogen and oxygen atoms in total. The monoisotopic (exact) mass is 294 g/mol. The maximum atomic E-state index is 3.61. The first kappa shape index (κ1) is 11.5. The summed E-state index contributed by atoms with van der Waals surface area (Å²) in [5.41, 5.74) is 2.98. The SMILES string of the molecule is CN1CC(C2CCNCC2)c2cc(Br)ccc21. The number of likely N-dealkylation sites (N-methyl/N-ethyl adjacent to an activating group) is 1. The van der Waals surface area contributed by atoms with Gasteiger partial charge in [-0.05, 0) is 55.6 Å². The van der Waals surface area contributed by atoms with Gasteiger partial charge in [-0.1, -0.05) is 15.9 Å². The Morgan fingerprint density at radius 1 is 1.29 bits per heavy atom. The van der Waals surface area contributed by atoms with Crippen LogP contribution in [0.4, 0.5) is 5.69 Å². The van der Waals surface area contributed by atoms with Crippen molar-refractivity contribution in [1.29, 1.82) is 0 Å². The first-order valence-corrected chi connectivity index (χ1v) is 7.26. The van der Waals surface area contributed by atoms with Crippen molar-refractivity contribution >= 4 is 21.6 Å². The zero-order valence-electron chi connectivity index (χ0n) is 10.2. The molecule has 0 aliphatic carbocycles. The van der Waals surface area contributed by atoms with Crippen molar-refractivity contribution < 1.29 is 0 Å². The van der Waals surface area contributed by atoms with Crippen molar-refractivity contribution in [3.8, 4) is 0 Å². The Morgan fingerprint density at radius 2 is 2.06 bits per heavy atom. The molecule has 3 heteroatoms. The van der Waals surface area contributed by atoms with Crippen molar-refractivity contribution in [2.75, 3.05) is 31.6 Å². The summed E-state index contributed by atoms with van der Waals surface area (Å²) < 4.78 is 1.21. The lowest BCUT2D eigenvalue weighted by atomic mass is 9.82. The van der Waals surface area contributed by atoms with Crippen LogP contribution in [-0.2, 0) is 0 Å². The Hall–Kier alpha value is -0.540.